The second-order valence-electron chi connectivity index (χ2n) is 4.92. The fourth-order valence-corrected chi connectivity index (χ4v) is 3.92. The van der Waals surface area contributed by atoms with Gasteiger partial charge >= 0.3 is 0 Å². The molecule has 0 saturated carbocycles. The van der Waals surface area contributed by atoms with Gasteiger partial charge < -0.3 is 10.6 Å². The number of nitrogens with zero attached hydrogens (tertiary/aromatic N) is 1. The van der Waals surface area contributed by atoms with E-state index in [-0.39, 0.29) is 21.1 Å². The molecular weight excluding hydrogens is 349 g/mol. The van der Waals surface area contributed by atoms with Crippen molar-refractivity contribution >= 4 is 31.6 Å². The van der Waals surface area contributed by atoms with Gasteiger partial charge in [0.05, 0.1) is 10.6 Å². The molecule has 1 atom stereocenters. The number of sulfonamides is 1. The molecular formula is C12H19BrFN3O2S. The quantitative estimate of drug-likeness (QED) is 0.751. The number of anilines is 1. The first-order chi connectivity index (χ1) is 9.13. The molecule has 0 radical (unpaired) electrons. The zero-order valence-electron chi connectivity index (χ0n) is 11.7. The summed E-state index contributed by atoms with van der Waals surface area (Å²) in [4.78, 5) is 1.91. The summed E-state index contributed by atoms with van der Waals surface area (Å²) in [5, 5.41) is 0. The van der Waals surface area contributed by atoms with Gasteiger partial charge in [-0.2, -0.15) is 0 Å². The smallest absolute Gasteiger partial charge is 0.242 e. The van der Waals surface area contributed by atoms with Crippen LogP contribution in [0, 0.1) is 5.82 Å². The maximum absolute atomic E-state index is 13.2. The highest BCUT2D eigenvalue weighted by molar-refractivity contribution is 9.10. The van der Waals surface area contributed by atoms with Gasteiger partial charge in [0.25, 0.3) is 0 Å². The predicted molar refractivity (Wildman–Crippen MR) is 81.5 cm³/mol. The van der Waals surface area contributed by atoms with Gasteiger partial charge in [0.2, 0.25) is 10.0 Å². The van der Waals surface area contributed by atoms with Crippen molar-refractivity contribution in [1.82, 2.24) is 9.62 Å². The summed E-state index contributed by atoms with van der Waals surface area (Å²) < 4.78 is 40.4. The standard InChI is InChI=1S/C12H19BrFN3O2S/c1-8(4-5-17(2)3)16-20(18,19)12-7-11(15)10(14)6-9(12)13/h6-8,16H,4-5,15H2,1-3H3. The highest BCUT2D eigenvalue weighted by atomic mass is 79.9. The van der Waals surface area contributed by atoms with Crippen LogP contribution in [0.15, 0.2) is 21.5 Å². The van der Waals surface area contributed by atoms with Crippen molar-refractivity contribution in [2.45, 2.75) is 24.3 Å². The van der Waals surface area contributed by atoms with Crippen molar-refractivity contribution in [3.8, 4) is 0 Å². The summed E-state index contributed by atoms with van der Waals surface area (Å²) in [6.07, 6.45) is 0.667. The van der Waals surface area contributed by atoms with Gasteiger partial charge in [-0.1, -0.05) is 0 Å². The summed E-state index contributed by atoms with van der Waals surface area (Å²) in [6, 6.07) is 1.93. The van der Waals surface area contributed by atoms with E-state index in [4.69, 9.17) is 5.73 Å². The third-order valence-corrected chi connectivity index (χ3v) is 5.25. The van der Waals surface area contributed by atoms with Crippen LogP contribution in [-0.4, -0.2) is 40.0 Å². The zero-order valence-corrected chi connectivity index (χ0v) is 14.1. The maximum atomic E-state index is 13.2. The molecule has 0 amide bonds. The van der Waals surface area contributed by atoms with E-state index in [1.165, 1.54) is 0 Å². The van der Waals surface area contributed by atoms with E-state index in [9.17, 15) is 12.8 Å². The Labute approximate surface area is 127 Å². The Hall–Kier alpha value is -0.700. The third-order valence-electron chi connectivity index (χ3n) is 2.71. The van der Waals surface area contributed by atoms with Crippen LogP contribution < -0.4 is 10.5 Å². The topological polar surface area (TPSA) is 75.4 Å². The highest BCUT2D eigenvalue weighted by Crippen LogP contribution is 2.26. The van der Waals surface area contributed by atoms with Crippen LogP contribution in [0.2, 0.25) is 0 Å². The molecule has 0 saturated heterocycles. The van der Waals surface area contributed by atoms with E-state index >= 15 is 0 Å². The summed E-state index contributed by atoms with van der Waals surface area (Å²) in [7, 11) is 0.0909. The lowest BCUT2D eigenvalue weighted by molar-refractivity contribution is 0.379. The highest BCUT2D eigenvalue weighted by Gasteiger charge is 2.21. The molecule has 0 bridgehead atoms. The summed E-state index contributed by atoms with van der Waals surface area (Å²) in [5.74, 6) is -0.656. The second-order valence-corrected chi connectivity index (χ2v) is 7.46. The lowest BCUT2D eigenvalue weighted by atomic mass is 10.2. The molecule has 0 aliphatic carbocycles. The van der Waals surface area contributed by atoms with Gasteiger partial charge in [-0.25, -0.2) is 17.5 Å². The Morgan fingerprint density at radius 2 is 2.05 bits per heavy atom. The molecule has 0 spiro atoms. The van der Waals surface area contributed by atoms with Crippen molar-refractivity contribution < 1.29 is 12.8 Å². The SMILES string of the molecule is CC(CCN(C)C)NS(=O)(=O)c1cc(N)c(F)cc1Br. The first kappa shape index (κ1) is 17.4. The third kappa shape index (κ3) is 4.69. The van der Waals surface area contributed by atoms with E-state index in [2.05, 4.69) is 20.7 Å². The molecule has 114 valence electrons. The van der Waals surface area contributed by atoms with Crippen LogP contribution in [0.5, 0.6) is 0 Å². The van der Waals surface area contributed by atoms with Gasteiger partial charge in [0.1, 0.15) is 5.82 Å². The van der Waals surface area contributed by atoms with E-state index in [1.807, 2.05) is 19.0 Å². The zero-order chi connectivity index (χ0) is 15.5. The van der Waals surface area contributed by atoms with Crippen molar-refractivity contribution in [2.75, 3.05) is 26.4 Å². The van der Waals surface area contributed by atoms with Crippen LogP contribution in [0.1, 0.15) is 13.3 Å². The summed E-state index contributed by atoms with van der Waals surface area (Å²) >= 11 is 3.05. The predicted octanol–water partition coefficient (Wildman–Crippen LogP) is 1.79. The van der Waals surface area contributed by atoms with Gasteiger partial charge in [0, 0.05) is 10.5 Å². The van der Waals surface area contributed by atoms with E-state index in [1.54, 1.807) is 6.92 Å². The molecule has 3 N–H and O–H groups in total. The maximum Gasteiger partial charge on any atom is 0.242 e. The largest absolute Gasteiger partial charge is 0.396 e. The first-order valence-corrected chi connectivity index (χ1v) is 8.32. The Morgan fingerprint density at radius 1 is 1.45 bits per heavy atom. The Bertz CT molecular complexity index is 578. The molecule has 0 aliphatic heterocycles. The minimum atomic E-state index is -3.74. The average Bonchev–Trinajstić information content (AvgIpc) is 2.30. The van der Waals surface area contributed by atoms with Crippen molar-refractivity contribution in [3.05, 3.63) is 22.4 Å². The van der Waals surface area contributed by atoms with Gasteiger partial charge in [-0.3, -0.25) is 0 Å². The normalized spacial score (nSPS) is 13.7. The Kier molecular flexibility index (Phi) is 5.93. The van der Waals surface area contributed by atoms with E-state index in [0.29, 0.717) is 6.42 Å². The van der Waals surface area contributed by atoms with Crippen LogP contribution >= 0.6 is 15.9 Å². The molecule has 0 aromatic heterocycles. The molecule has 1 rings (SSSR count). The fraction of sp³-hybridized carbons (Fsp3) is 0.500. The van der Waals surface area contributed by atoms with Crippen molar-refractivity contribution in [1.29, 1.82) is 0 Å². The molecule has 20 heavy (non-hydrogen) atoms. The van der Waals surface area contributed by atoms with E-state index < -0.39 is 15.8 Å². The molecule has 8 heteroatoms. The second kappa shape index (κ2) is 6.84. The first-order valence-electron chi connectivity index (χ1n) is 6.05. The van der Waals surface area contributed by atoms with Crippen LogP contribution in [0.25, 0.3) is 0 Å². The molecule has 0 heterocycles. The summed E-state index contributed by atoms with van der Waals surface area (Å²) in [5.41, 5.74) is 5.22. The number of benzene rings is 1. The lowest BCUT2D eigenvalue weighted by Crippen LogP contribution is -2.35. The molecule has 1 aromatic carbocycles. The molecule has 0 aliphatic rings. The number of nitrogens with two attached hydrogens (primary N) is 1. The minimum Gasteiger partial charge on any atom is -0.396 e. The average molecular weight is 368 g/mol. The Morgan fingerprint density at radius 3 is 2.60 bits per heavy atom. The van der Waals surface area contributed by atoms with Gasteiger partial charge in [0.15, 0.2) is 0 Å². The molecule has 0 fully saturated rings. The van der Waals surface area contributed by atoms with Crippen LogP contribution in [0.3, 0.4) is 0 Å². The number of nitrogen functional groups attached to an aromatic ring is 1. The lowest BCUT2D eigenvalue weighted by Gasteiger charge is -2.17. The number of nitrogens with one attached hydrogen (secondary N) is 1. The van der Waals surface area contributed by atoms with E-state index in [0.717, 1.165) is 18.7 Å². The minimum absolute atomic E-state index is 0.0619. The van der Waals surface area contributed by atoms with Crippen LogP contribution in [0.4, 0.5) is 10.1 Å². The number of hydrogen-bond donors (Lipinski definition) is 2. The van der Waals surface area contributed by atoms with Gasteiger partial charge in [-0.15, -0.1) is 0 Å². The number of rotatable bonds is 6. The van der Waals surface area contributed by atoms with Crippen molar-refractivity contribution in [3.63, 3.8) is 0 Å². The monoisotopic (exact) mass is 367 g/mol. The fourth-order valence-electron chi connectivity index (χ4n) is 1.59. The Balaban J connectivity index is 2.92. The summed E-state index contributed by atoms with van der Waals surface area (Å²) in [6.45, 7) is 2.54. The number of halogens is 2. The molecule has 1 unspecified atom stereocenters. The van der Waals surface area contributed by atoms with Crippen molar-refractivity contribution in [2.24, 2.45) is 0 Å². The molecule has 1 aromatic rings. The van der Waals surface area contributed by atoms with Crippen LogP contribution in [-0.2, 0) is 10.0 Å². The molecule has 5 nitrogen and oxygen atoms in total. The van der Waals surface area contributed by atoms with Gasteiger partial charge in [-0.05, 0) is 62.0 Å². The number of hydrogen-bond acceptors (Lipinski definition) is 4.